The summed E-state index contributed by atoms with van der Waals surface area (Å²) in [6.45, 7) is 4.91. The third-order valence-electron chi connectivity index (χ3n) is 6.79. The van der Waals surface area contributed by atoms with E-state index in [9.17, 15) is 18.0 Å². The first-order chi connectivity index (χ1) is 19.3. The summed E-state index contributed by atoms with van der Waals surface area (Å²) in [5, 5.41) is 9.20. The molecule has 0 saturated carbocycles. The lowest BCUT2D eigenvalue weighted by molar-refractivity contribution is -0.138. The van der Waals surface area contributed by atoms with Crippen molar-refractivity contribution < 1.29 is 18.0 Å². The summed E-state index contributed by atoms with van der Waals surface area (Å²) in [6.07, 6.45) is 0.592. The predicted molar refractivity (Wildman–Crippen MR) is 157 cm³/mol. The van der Waals surface area contributed by atoms with Crippen LogP contribution in [0.15, 0.2) is 79.3 Å². The molecule has 0 atom stereocenters. The largest absolute Gasteiger partial charge is 0.416 e. The Morgan fingerprint density at radius 1 is 1.00 bits per heavy atom. The number of alkyl halides is 3. The van der Waals surface area contributed by atoms with Crippen LogP contribution in [0.1, 0.15) is 27.0 Å². The van der Waals surface area contributed by atoms with Gasteiger partial charge in [-0.2, -0.15) is 13.2 Å². The van der Waals surface area contributed by atoms with E-state index in [1.807, 2.05) is 42.2 Å². The number of carbonyl (C=O) groups is 1. The second-order valence-electron chi connectivity index (χ2n) is 9.68. The summed E-state index contributed by atoms with van der Waals surface area (Å²) < 4.78 is 41.8. The van der Waals surface area contributed by atoms with E-state index in [1.165, 1.54) is 12.1 Å². The second kappa shape index (κ2) is 13.1. The van der Waals surface area contributed by atoms with Gasteiger partial charge in [0.25, 0.3) is 5.91 Å². The van der Waals surface area contributed by atoms with E-state index >= 15 is 0 Å². The van der Waals surface area contributed by atoms with E-state index in [0.29, 0.717) is 30.3 Å². The number of pyridine rings is 2. The van der Waals surface area contributed by atoms with E-state index in [1.54, 1.807) is 30.7 Å². The van der Waals surface area contributed by atoms with Gasteiger partial charge in [-0.15, -0.1) is 12.4 Å². The smallest absolute Gasteiger partial charge is 0.340 e. The lowest BCUT2D eigenvalue weighted by Gasteiger charge is -2.28. The maximum atomic E-state index is 13.9. The number of anilines is 3. The fourth-order valence-electron chi connectivity index (χ4n) is 4.62. The summed E-state index contributed by atoms with van der Waals surface area (Å²) >= 11 is 0. The number of benzene rings is 2. The van der Waals surface area contributed by atoms with Gasteiger partial charge in [0, 0.05) is 73.8 Å². The first kappa shape index (κ1) is 30.0. The van der Waals surface area contributed by atoms with Crippen LogP contribution in [0.3, 0.4) is 0 Å². The molecule has 41 heavy (non-hydrogen) atoms. The SMILES string of the molecule is Cc1ccc(NC(=O)c2ccc(CN3CCNCC3)c(C(F)(F)F)c2)cc1Nc1cc(-c2cccnc2)ccn1.Cl. The molecule has 0 spiro atoms. The summed E-state index contributed by atoms with van der Waals surface area (Å²) in [7, 11) is 0. The lowest BCUT2D eigenvalue weighted by atomic mass is 10.0. The zero-order valence-electron chi connectivity index (χ0n) is 22.3. The van der Waals surface area contributed by atoms with E-state index in [2.05, 4.69) is 25.9 Å². The molecule has 3 heterocycles. The molecule has 0 unspecified atom stereocenters. The Hall–Kier alpha value is -3.99. The number of aryl methyl sites for hydroxylation is 1. The fourth-order valence-corrected chi connectivity index (χ4v) is 4.62. The molecule has 2 aromatic carbocycles. The molecule has 3 N–H and O–H groups in total. The average molecular weight is 583 g/mol. The standard InChI is InChI=1S/C30H29F3N6O.ClH/c1-20-4-7-25(17-27(20)38-28-16-21(8-10-36-28)23-3-2-9-35-18-23)37-29(40)22-5-6-24(26(15-22)30(31,32)33)19-39-13-11-34-12-14-39;/h2-10,15-18,34H,11-14,19H2,1H3,(H,36,38)(H,37,40);1H. The van der Waals surface area contributed by atoms with Crippen LogP contribution in [0.4, 0.5) is 30.4 Å². The third kappa shape index (κ3) is 7.60. The summed E-state index contributed by atoms with van der Waals surface area (Å²) in [4.78, 5) is 23.5. The number of halogens is 4. The molecule has 1 amide bonds. The summed E-state index contributed by atoms with van der Waals surface area (Å²) in [5.74, 6) is -0.0199. The first-order valence-electron chi connectivity index (χ1n) is 12.9. The van der Waals surface area contributed by atoms with Crippen LogP contribution >= 0.6 is 12.4 Å². The Balaban J connectivity index is 0.00000387. The van der Waals surface area contributed by atoms with Crippen molar-refractivity contribution in [1.82, 2.24) is 20.2 Å². The lowest BCUT2D eigenvalue weighted by Crippen LogP contribution is -2.43. The van der Waals surface area contributed by atoms with Crippen LogP contribution in [0, 0.1) is 6.92 Å². The molecule has 11 heteroatoms. The van der Waals surface area contributed by atoms with Gasteiger partial charge in [-0.25, -0.2) is 4.98 Å². The molecule has 214 valence electrons. The van der Waals surface area contributed by atoms with Crippen LogP contribution in [0.2, 0.25) is 0 Å². The predicted octanol–water partition coefficient (Wildman–Crippen LogP) is 6.29. The van der Waals surface area contributed by atoms with Crippen LogP contribution < -0.4 is 16.0 Å². The highest BCUT2D eigenvalue weighted by Crippen LogP contribution is 2.34. The van der Waals surface area contributed by atoms with Crippen LogP contribution in [-0.4, -0.2) is 47.0 Å². The van der Waals surface area contributed by atoms with E-state index in [4.69, 9.17) is 0 Å². The van der Waals surface area contributed by atoms with Crippen molar-refractivity contribution in [2.24, 2.45) is 0 Å². The minimum Gasteiger partial charge on any atom is -0.340 e. The highest BCUT2D eigenvalue weighted by Gasteiger charge is 2.34. The Morgan fingerprint density at radius 3 is 2.54 bits per heavy atom. The van der Waals surface area contributed by atoms with Gasteiger partial charge in [0.05, 0.1) is 5.56 Å². The highest BCUT2D eigenvalue weighted by molar-refractivity contribution is 6.04. The van der Waals surface area contributed by atoms with Gasteiger partial charge in [-0.3, -0.25) is 14.7 Å². The van der Waals surface area contributed by atoms with Gasteiger partial charge in [-0.1, -0.05) is 18.2 Å². The molecule has 1 aliphatic heterocycles. The number of piperazine rings is 1. The molecular formula is C30H30ClF3N6O. The van der Waals surface area contributed by atoms with Crippen molar-refractivity contribution in [3.63, 3.8) is 0 Å². The van der Waals surface area contributed by atoms with E-state index in [-0.39, 0.29) is 30.1 Å². The van der Waals surface area contributed by atoms with Gasteiger partial charge in [-0.05, 0) is 66.1 Å². The number of rotatable bonds is 7. The molecule has 0 radical (unpaired) electrons. The molecule has 1 aliphatic rings. The number of amides is 1. The van der Waals surface area contributed by atoms with Crippen LogP contribution in [-0.2, 0) is 12.7 Å². The number of hydrogen-bond donors (Lipinski definition) is 3. The molecule has 1 fully saturated rings. The number of nitrogens with zero attached hydrogens (tertiary/aromatic N) is 3. The molecule has 2 aromatic heterocycles. The Bertz CT molecular complexity index is 1490. The number of aromatic nitrogens is 2. The van der Waals surface area contributed by atoms with Gasteiger partial charge in [0.2, 0.25) is 0 Å². The zero-order valence-corrected chi connectivity index (χ0v) is 23.1. The third-order valence-corrected chi connectivity index (χ3v) is 6.79. The maximum Gasteiger partial charge on any atom is 0.416 e. The molecule has 5 rings (SSSR count). The minimum absolute atomic E-state index is 0. The average Bonchev–Trinajstić information content (AvgIpc) is 2.95. The second-order valence-corrected chi connectivity index (χ2v) is 9.68. The highest BCUT2D eigenvalue weighted by atomic mass is 35.5. The van der Waals surface area contributed by atoms with Crippen molar-refractivity contribution in [2.75, 3.05) is 36.8 Å². The quantitative estimate of drug-likeness (QED) is 0.237. The molecule has 0 aliphatic carbocycles. The van der Waals surface area contributed by atoms with Crippen molar-refractivity contribution in [3.05, 3.63) is 102 Å². The Morgan fingerprint density at radius 2 is 1.80 bits per heavy atom. The molecule has 4 aromatic rings. The Kier molecular flexibility index (Phi) is 9.59. The van der Waals surface area contributed by atoms with Crippen LogP contribution in [0.5, 0.6) is 0 Å². The van der Waals surface area contributed by atoms with Crippen molar-refractivity contribution in [3.8, 4) is 11.1 Å². The Labute approximate surface area is 242 Å². The number of hydrogen-bond acceptors (Lipinski definition) is 6. The number of carbonyl (C=O) groups excluding carboxylic acids is 1. The monoisotopic (exact) mass is 582 g/mol. The molecule has 7 nitrogen and oxygen atoms in total. The summed E-state index contributed by atoms with van der Waals surface area (Å²) in [5.41, 5.74) is 3.26. The van der Waals surface area contributed by atoms with Crippen molar-refractivity contribution >= 4 is 35.5 Å². The first-order valence-corrected chi connectivity index (χ1v) is 12.9. The van der Waals surface area contributed by atoms with Crippen LogP contribution in [0.25, 0.3) is 11.1 Å². The minimum atomic E-state index is -4.57. The van der Waals surface area contributed by atoms with Crippen molar-refractivity contribution in [1.29, 1.82) is 0 Å². The topological polar surface area (TPSA) is 82.2 Å². The van der Waals surface area contributed by atoms with Gasteiger partial charge in [0.1, 0.15) is 5.82 Å². The normalized spacial score (nSPS) is 13.8. The summed E-state index contributed by atoms with van der Waals surface area (Å²) in [6, 6.07) is 16.6. The van der Waals surface area contributed by atoms with Gasteiger partial charge >= 0.3 is 6.18 Å². The molecular weight excluding hydrogens is 553 g/mol. The van der Waals surface area contributed by atoms with Gasteiger partial charge in [0.15, 0.2) is 0 Å². The van der Waals surface area contributed by atoms with E-state index in [0.717, 1.165) is 35.8 Å². The molecule has 1 saturated heterocycles. The zero-order chi connectivity index (χ0) is 28.1. The fraction of sp³-hybridized carbons (Fsp3) is 0.233. The van der Waals surface area contributed by atoms with E-state index < -0.39 is 17.6 Å². The maximum absolute atomic E-state index is 13.9. The van der Waals surface area contributed by atoms with Crippen molar-refractivity contribution in [2.45, 2.75) is 19.6 Å². The molecule has 0 bridgehead atoms. The number of nitrogens with one attached hydrogen (secondary N) is 3. The van der Waals surface area contributed by atoms with Gasteiger partial charge < -0.3 is 16.0 Å².